The van der Waals surface area contributed by atoms with Gasteiger partial charge in [-0.2, -0.15) is 5.10 Å². The van der Waals surface area contributed by atoms with Crippen LogP contribution in [0.3, 0.4) is 0 Å². The van der Waals surface area contributed by atoms with E-state index in [0.29, 0.717) is 11.4 Å². The zero-order chi connectivity index (χ0) is 13.1. The van der Waals surface area contributed by atoms with Gasteiger partial charge in [-0.25, -0.2) is 15.0 Å². The van der Waals surface area contributed by atoms with Crippen molar-refractivity contribution < 1.29 is 4.79 Å². The lowest BCUT2D eigenvalue weighted by molar-refractivity contribution is 0.102. The maximum absolute atomic E-state index is 11.8. The Kier molecular flexibility index (Phi) is 3.42. The quantitative estimate of drug-likeness (QED) is 0.875. The maximum Gasteiger partial charge on any atom is 0.278 e. The van der Waals surface area contributed by atoms with E-state index >= 15 is 0 Å². The van der Waals surface area contributed by atoms with Gasteiger partial charge in [0.1, 0.15) is 10.8 Å². The zero-order valence-electron chi connectivity index (χ0n) is 9.68. The molecule has 2 rings (SSSR count). The summed E-state index contributed by atoms with van der Waals surface area (Å²) in [7, 11) is 0. The first-order chi connectivity index (χ1) is 8.56. The van der Waals surface area contributed by atoms with E-state index < -0.39 is 5.91 Å². The van der Waals surface area contributed by atoms with E-state index in [-0.39, 0.29) is 16.8 Å². The Labute approximate surface area is 108 Å². The lowest BCUT2D eigenvalue weighted by atomic mass is 10.4. The van der Waals surface area contributed by atoms with E-state index in [1.165, 1.54) is 12.4 Å². The Morgan fingerprint density at radius 3 is 2.56 bits per heavy atom. The van der Waals surface area contributed by atoms with Gasteiger partial charge in [0.05, 0.1) is 23.8 Å². The van der Waals surface area contributed by atoms with Gasteiger partial charge in [0.2, 0.25) is 5.95 Å². The number of anilines is 1. The minimum Gasteiger partial charge on any atom is -0.288 e. The number of amides is 1. The van der Waals surface area contributed by atoms with Gasteiger partial charge in [0.25, 0.3) is 5.91 Å². The van der Waals surface area contributed by atoms with Gasteiger partial charge in [-0.1, -0.05) is 11.6 Å². The van der Waals surface area contributed by atoms with Crippen molar-refractivity contribution >= 4 is 23.5 Å². The molecule has 2 aromatic heterocycles. The molecule has 7 nitrogen and oxygen atoms in total. The third-order valence-electron chi connectivity index (χ3n) is 2.17. The molecule has 0 aliphatic carbocycles. The first-order valence-electron chi connectivity index (χ1n) is 5.03. The molecule has 1 amide bonds. The molecule has 0 unspecified atom stereocenters. The first kappa shape index (κ1) is 12.3. The summed E-state index contributed by atoms with van der Waals surface area (Å²) in [5.74, 6) is -0.343. The highest BCUT2D eigenvalue weighted by Crippen LogP contribution is 2.05. The molecule has 8 heteroatoms. The molecule has 0 saturated carbocycles. The second-order valence-electron chi connectivity index (χ2n) is 3.48. The van der Waals surface area contributed by atoms with E-state index in [4.69, 9.17) is 11.6 Å². The van der Waals surface area contributed by atoms with Crippen LogP contribution in [0.2, 0.25) is 5.15 Å². The van der Waals surface area contributed by atoms with Crippen molar-refractivity contribution in [3.63, 3.8) is 0 Å². The molecule has 0 aliphatic rings. The smallest absolute Gasteiger partial charge is 0.278 e. The maximum atomic E-state index is 11.8. The van der Waals surface area contributed by atoms with Crippen LogP contribution in [0.1, 0.15) is 21.9 Å². The molecule has 92 valence electrons. The summed E-state index contributed by atoms with van der Waals surface area (Å²) >= 11 is 5.57. The van der Waals surface area contributed by atoms with E-state index in [1.807, 2.05) is 0 Å². The lowest BCUT2D eigenvalue weighted by Crippen LogP contribution is -2.17. The molecule has 1 N–H and O–H groups in total. The number of carbonyl (C=O) groups is 1. The molecule has 0 atom stereocenters. The van der Waals surface area contributed by atoms with Gasteiger partial charge in [-0.15, -0.1) is 5.10 Å². The number of aromatic nitrogens is 5. The Bertz CT molecular complexity index is 585. The van der Waals surface area contributed by atoms with Crippen LogP contribution in [-0.2, 0) is 0 Å². The zero-order valence-corrected chi connectivity index (χ0v) is 10.4. The second kappa shape index (κ2) is 5.01. The van der Waals surface area contributed by atoms with Crippen LogP contribution in [-0.4, -0.2) is 31.1 Å². The first-order valence-corrected chi connectivity index (χ1v) is 5.41. The van der Waals surface area contributed by atoms with Crippen LogP contribution in [0.5, 0.6) is 0 Å². The number of halogens is 1. The summed E-state index contributed by atoms with van der Waals surface area (Å²) in [5, 5.41) is 10.3. The number of carbonyl (C=O) groups excluding carboxylic acids is 1. The molecule has 0 radical (unpaired) electrons. The third-order valence-corrected chi connectivity index (χ3v) is 2.37. The number of rotatable bonds is 2. The van der Waals surface area contributed by atoms with Crippen molar-refractivity contribution in [2.45, 2.75) is 13.8 Å². The Morgan fingerprint density at radius 1 is 1.17 bits per heavy atom. The van der Waals surface area contributed by atoms with Crippen LogP contribution in [0.4, 0.5) is 5.95 Å². The lowest BCUT2D eigenvalue weighted by Gasteiger charge is -2.03. The Balaban J connectivity index is 2.16. The highest BCUT2D eigenvalue weighted by atomic mass is 35.5. The molecule has 2 aromatic rings. The van der Waals surface area contributed by atoms with Gasteiger partial charge < -0.3 is 0 Å². The number of nitrogens with one attached hydrogen (secondary N) is 1. The SMILES string of the molecule is Cc1nnc(NC(=O)c2cnc(Cl)cn2)nc1C. The predicted octanol–water partition coefficient (Wildman–Crippen LogP) is 1.18. The molecule has 0 aliphatic heterocycles. The average Bonchev–Trinajstić information content (AvgIpc) is 2.34. The summed E-state index contributed by atoms with van der Waals surface area (Å²) in [6, 6.07) is 0. The van der Waals surface area contributed by atoms with Crippen molar-refractivity contribution in [2.75, 3.05) is 5.32 Å². The average molecular weight is 265 g/mol. The van der Waals surface area contributed by atoms with Crippen LogP contribution in [0.15, 0.2) is 12.4 Å². The van der Waals surface area contributed by atoms with Gasteiger partial charge in [0, 0.05) is 0 Å². The standard InChI is InChI=1S/C10H9ClN6O/c1-5-6(2)16-17-10(14-5)15-9(18)7-3-13-8(11)4-12-7/h3-4H,1-2H3,(H,14,15,17,18). The molecule has 0 bridgehead atoms. The monoisotopic (exact) mass is 264 g/mol. The van der Waals surface area contributed by atoms with Crippen molar-refractivity contribution in [2.24, 2.45) is 0 Å². The Morgan fingerprint density at radius 2 is 1.94 bits per heavy atom. The molecular weight excluding hydrogens is 256 g/mol. The van der Waals surface area contributed by atoms with Crippen molar-refractivity contribution in [1.29, 1.82) is 0 Å². The van der Waals surface area contributed by atoms with Crippen molar-refractivity contribution in [1.82, 2.24) is 25.1 Å². The number of hydrogen-bond acceptors (Lipinski definition) is 6. The molecule has 0 aromatic carbocycles. The molecular formula is C10H9ClN6O. The van der Waals surface area contributed by atoms with Crippen LogP contribution in [0, 0.1) is 13.8 Å². The van der Waals surface area contributed by atoms with Gasteiger partial charge in [0.15, 0.2) is 0 Å². The fraction of sp³-hybridized carbons (Fsp3) is 0.200. The summed E-state index contributed by atoms with van der Waals surface area (Å²) in [5.41, 5.74) is 1.53. The van der Waals surface area contributed by atoms with Crippen LogP contribution < -0.4 is 5.32 Å². The fourth-order valence-electron chi connectivity index (χ4n) is 1.10. The van der Waals surface area contributed by atoms with Gasteiger partial charge in [-0.05, 0) is 13.8 Å². The molecule has 0 spiro atoms. The van der Waals surface area contributed by atoms with Crippen LogP contribution in [0.25, 0.3) is 0 Å². The van der Waals surface area contributed by atoms with Crippen LogP contribution >= 0.6 is 11.6 Å². The fourth-order valence-corrected chi connectivity index (χ4v) is 1.20. The normalized spacial score (nSPS) is 10.2. The topological polar surface area (TPSA) is 93.6 Å². The third kappa shape index (κ3) is 2.75. The predicted molar refractivity (Wildman–Crippen MR) is 64.3 cm³/mol. The molecule has 0 saturated heterocycles. The molecule has 0 fully saturated rings. The van der Waals surface area contributed by atoms with E-state index in [9.17, 15) is 4.79 Å². The van der Waals surface area contributed by atoms with Gasteiger partial charge >= 0.3 is 0 Å². The van der Waals surface area contributed by atoms with E-state index in [1.54, 1.807) is 13.8 Å². The van der Waals surface area contributed by atoms with E-state index in [0.717, 1.165) is 0 Å². The van der Waals surface area contributed by atoms with Crippen molar-refractivity contribution in [3.8, 4) is 0 Å². The number of hydrogen-bond donors (Lipinski definition) is 1. The van der Waals surface area contributed by atoms with E-state index in [2.05, 4.69) is 30.5 Å². The minimum absolute atomic E-state index is 0.125. The highest BCUT2D eigenvalue weighted by molar-refractivity contribution is 6.29. The number of aryl methyl sites for hydroxylation is 2. The summed E-state index contributed by atoms with van der Waals surface area (Å²) < 4.78 is 0. The number of nitrogens with zero attached hydrogens (tertiary/aromatic N) is 5. The summed E-state index contributed by atoms with van der Waals surface area (Å²) in [6.45, 7) is 3.56. The minimum atomic E-state index is -0.468. The summed E-state index contributed by atoms with van der Waals surface area (Å²) in [6.07, 6.45) is 2.56. The highest BCUT2D eigenvalue weighted by Gasteiger charge is 2.10. The Hall–Kier alpha value is -2.15. The molecule has 18 heavy (non-hydrogen) atoms. The second-order valence-corrected chi connectivity index (χ2v) is 3.87. The molecule has 2 heterocycles. The van der Waals surface area contributed by atoms with Crippen molar-refractivity contribution in [3.05, 3.63) is 34.6 Å². The van der Waals surface area contributed by atoms with Gasteiger partial charge in [-0.3, -0.25) is 10.1 Å². The summed E-state index contributed by atoms with van der Waals surface area (Å²) in [4.78, 5) is 23.4. The largest absolute Gasteiger partial charge is 0.288 e.